The van der Waals surface area contributed by atoms with Gasteiger partial charge in [0.05, 0.1) is 18.0 Å². The molecule has 0 atom stereocenters. The lowest BCUT2D eigenvalue weighted by molar-refractivity contribution is 0.332. The Balaban J connectivity index is 2.14. The number of aliphatic imine (C=N–C) groups is 1. The van der Waals surface area contributed by atoms with Crippen molar-refractivity contribution in [3.05, 3.63) is 33.0 Å². The van der Waals surface area contributed by atoms with Gasteiger partial charge in [-0.15, -0.1) is 0 Å². The second kappa shape index (κ2) is 8.86. The molecule has 0 bridgehead atoms. The zero-order valence-electron chi connectivity index (χ0n) is 16.9. The minimum absolute atomic E-state index is 0.105. The lowest BCUT2D eigenvalue weighted by Gasteiger charge is -2.23. The van der Waals surface area contributed by atoms with Gasteiger partial charge in [0.2, 0.25) is 5.88 Å². The summed E-state index contributed by atoms with van der Waals surface area (Å²) < 4.78 is 5.40. The maximum atomic E-state index is 13.0. The summed E-state index contributed by atoms with van der Waals surface area (Å²) in [5.74, 6) is 0.627. The number of rotatable bonds is 6. The fraction of sp³-hybridized carbons (Fsp3) is 0.600. The van der Waals surface area contributed by atoms with Crippen LogP contribution in [0.4, 0.5) is 5.82 Å². The minimum Gasteiger partial charge on any atom is -0.494 e. The van der Waals surface area contributed by atoms with Crippen LogP contribution in [0.2, 0.25) is 0 Å². The van der Waals surface area contributed by atoms with Gasteiger partial charge in [-0.3, -0.25) is 13.9 Å². The van der Waals surface area contributed by atoms with Gasteiger partial charge < -0.3 is 5.11 Å². The molecule has 2 aromatic rings. The van der Waals surface area contributed by atoms with E-state index < -0.39 is 0 Å². The van der Waals surface area contributed by atoms with E-state index in [9.17, 15) is 9.90 Å². The summed E-state index contributed by atoms with van der Waals surface area (Å²) in [4.78, 5) is 17.8. The molecular weight excluding hydrogens is 374 g/mol. The molecule has 0 spiro atoms. The molecule has 28 heavy (non-hydrogen) atoms. The smallest absolute Gasteiger partial charge is 0.267 e. The van der Waals surface area contributed by atoms with Crippen LogP contribution in [0.25, 0.3) is 0 Å². The molecule has 1 aliphatic rings. The standard InChI is InChI=1S/C20H29N5O2S/c1-4-15(17-18(26)23(5-2)20(28)24(6-3)19(17)27)22-16-12-13-21-25(16)14-10-8-7-9-11-14/h12-14,26H,4-11H2,1-3H3/b22-15+. The summed E-state index contributed by atoms with van der Waals surface area (Å²) in [6.45, 7) is 6.63. The predicted molar refractivity (Wildman–Crippen MR) is 113 cm³/mol. The van der Waals surface area contributed by atoms with Gasteiger partial charge in [0.25, 0.3) is 5.56 Å². The Kier molecular flexibility index (Phi) is 6.49. The molecule has 0 unspecified atom stereocenters. The Labute approximate surface area is 170 Å². The highest BCUT2D eigenvalue weighted by Crippen LogP contribution is 2.31. The monoisotopic (exact) mass is 403 g/mol. The van der Waals surface area contributed by atoms with Crippen LogP contribution >= 0.6 is 12.2 Å². The molecule has 8 heteroatoms. The Hall–Kier alpha value is -2.22. The first-order chi connectivity index (χ1) is 13.5. The summed E-state index contributed by atoms with van der Waals surface area (Å²) in [7, 11) is 0. The molecule has 1 saturated carbocycles. The second-order valence-electron chi connectivity index (χ2n) is 7.11. The van der Waals surface area contributed by atoms with Crippen molar-refractivity contribution in [3.63, 3.8) is 0 Å². The fourth-order valence-corrected chi connectivity index (χ4v) is 4.39. The first-order valence-corrected chi connectivity index (χ1v) is 10.6. The SMILES string of the molecule is CC/C(=N\c1ccnn1C1CCCCC1)c1c(O)n(CC)c(=S)n(CC)c1=O. The molecule has 152 valence electrons. The minimum atomic E-state index is -0.293. The summed E-state index contributed by atoms with van der Waals surface area (Å²) in [5, 5.41) is 15.3. The lowest BCUT2D eigenvalue weighted by atomic mass is 9.96. The summed E-state index contributed by atoms with van der Waals surface area (Å²) in [6, 6.07) is 2.21. The van der Waals surface area contributed by atoms with Crippen molar-refractivity contribution in [1.82, 2.24) is 18.9 Å². The van der Waals surface area contributed by atoms with E-state index in [1.807, 2.05) is 31.5 Å². The average molecular weight is 404 g/mol. The van der Waals surface area contributed by atoms with E-state index in [4.69, 9.17) is 17.2 Å². The van der Waals surface area contributed by atoms with Crippen LogP contribution < -0.4 is 5.56 Å². The van der Waals surface area contributed by atoms with Gasteiger partial charge in [0.1, 0.15) is 5.56 Å². The molecule has 0 aliphatic heterocycles. The first-order valence-electron chi connectivity index (χ1n) is 10.2. The second-order valence-corrected chi connectivity index (χ2v) is 7.48. The van der Waals surface area contributed by atoms with Crippen LogP contribution in [-0.2, 0) is 13.1 Å². The number of aromatic hydroxyl groups is 1. The van der Waals surface area contributed by atoms with Crippen LogP contribution in [0.1, 0.15) is 70.9 Å². The zero-order chi connectivity index (χ0) is 20.3. The number of aromatic nitrogens is 4. The van der Waals surface area contributed by atoms with Crippen molar-refractivity contribution in [2.45, 2.75) is 78.4 Å². The summed E-state index contributed by atoms with van der Waals surface area (Å²) in [5.41, 5.74) is 0.495. The normalized spacial score (nSPS) is 15.9. The Bertz CT molecular complexity index is 979. The van der Waals surface area contributed by atoms with E-state index in [0.717, 1.165) is 18.7 Å². The highest BCUT2D eigenvalue weighted by Gasteiger charge is 2.22. The molecule has 1 fully saturated rings. The van der Waals surface area contributed by atoms with Crippen molar-refractivity contribution in [1.29, 1.82) is 0 Å². The van der Waals surface area contributed by atoms with Crippen LogP contribution in [0.5, 0.6) is 5.88 Å². The average Bonchev–Trinajstić information content (AvgIpc) is 3.16. The van der Waals surface area contributed by atoms with Crippen LogP contribution in [-0.4, -0.2) is 29.7 Å². The fourth-order valence-electron chi connectivity index (χ4n) is 3.96. The quantitative estimate of drug-likeness (QED) is 0.574. The molecule has 1 N–H and O–H groups in total. The topological polar surface area (TPSA) is 77.3 Å². The third-order valence-electron chi connectivity index (χ3n) is 5.48. The summed E-state index contributed by atoms with van der Waals surface area (Å²) >= 11 is 5.38. The van der Waals surface area contributed by atoms with Crippen molar-refractivity contribution < 1.29 is 5.11 Å². The molecule has 0 aromatic carbocycles. The molecule has 0 saturated heterocycles. The van der Waals surface area contributed by atoms with Crippen LogP contribution in [0.15, 0.2) is 22.1 Å². The molecule has 2 aromatic heterocycles. The van der Waals surface area contributed by atoms with Crippen LogP contribution in [0, 0.1) is 4.77 Å². The van der Waals surface area contributed by atoms with Gasteiger partial charge in [-0.2, -0.15) is 5.10 Å². The predicted octanol–water partition coefficient (Wildman–Crippen LogP) is 4.36. The molecule has 2 heterocycles. The van der Waals surface area contributed by atoms with E-state index in [-0.39, 0.29) is 17.0 Å². The van der Waals surface area contributed by atoms with E-state index in [0.29, 0.717) is 36.0 Å². The number of hydrogen-bond acceptors (Lipinski definition) is 5. The maximum Gasteiger partial charge on any atom is 0.267 e. The molecule has 1 aliphatic carbocycles. The molecule has 3 rings (SSSR count). The Morgan fingerprint density at radius 1 is 1.21 bits per heavy atom. The largest absolute Gasteiger partial charge is 0.494 e. The van der Waals surface area contributed by atoms with Gasteiger partial charge >= 0.3 is 0 Å². The Morgan fingerprint density at radius 2 is 1.89 bits per heavy atom. The van der Waals surface area contributed by atoms with Crippen LogP contribution in [0.3, 0.4) is 0 Å². The van der Waals surface area contributed by atoms with Gasteiger partial charge in [0.15, 0.2) is 10.6 Å². The van der Waals surface area contributed by atoms with Gasteiger partial charge in [-0.25, -0.2) is 9.67 Å². The number of nitrogens with zero attached hydrogens (tertiary/aromatic N) is 5. The highest BCUT2D eigenvalue weighted by atomic mass is 32.1. The van der Waals surface area contributed by atoms with Crippen molar-refractivity contribution in [3.8, 4) is 5.88 Å². The van der Waals surface area contributed by atoms with Gasteiger partial charge in [-0.1, -0.05) is 26.2 Å². The number of hydrogen-bond donors (Lipinski definition) is 1. The third kappa shape index (κ3) is 3.70. The maximum absolute atomic E-state index is 13.0. The summed E-state index contributed by atoms with van der Waals surface area (Å²) in [6.07, 6.45) is 8.14. The Morgan fingerprint density at radius 3 is 2.50 bits per heavy atom. The first kappa shape index (κ1) is 20.5. The van der Waals surface area contributed by atoms with Gasteiger partial charge in [0, 0.05) is 19.2 Å². The van der Waals surface area contributed by atoms with Crippen molar-refractivity contribution in [2.75, 3.05) is 0 Å². The highest BCUT2D eigenvalue weighted by molar-refractivity contribution is 7.71. The van der Waals surface area contributed by atoms with Gasteiger partial charge in [-0.05, 0) is 45.3 Å². The zero-order valence-corrected chi connectivity index (χ0v) is 17.7. The molecule has 0 amide bonds. The lowest BCUT2D eigenvalue weighted by Crippen LogP contribution is -2.30. The van der Waals surface area contributed by atoms with Crippen molar-refractivity contribution >= 4 is 23.7 Å². The van der Waals surface area contributed by atoms with E-state index >= 15 is 0 Å². The molecule has 0 radical (unpaired) electrons. The van der Waals surface area contributed by atoms with E-state index in [1.165, 1.54) is 23.8 Å². The molecule has 7 nitrogen and oxygen atoms in total. The van der Waals surface area contributed by atoms with E-state index in [2.05, 4.69) is 5.10 Å². The van der Waals surface area contributed by atoms with E-state index in [1.54, 1.807) is 10.8 Å². The molecular formula is C20H29N5O2S. The third-order valence-corrected chi connectivity index (χ3v) is 5.92. The van der Waals surface area contributed by atoms with Crippen molar-refractivity contribution in [2.24, 2.45) is 4.99 Å².